The predicted octanol–water partition coefficient (Wildman–Crippen LogP) is 2.68. The molecular formula is C14H22N2O. The van der Waals surface area contributed by atoms with Crippen LogP contribution < -0.4 is 11.1 Å². The maximum atomic E-state index is 5.77. The maximum absolute atomic E-state index is 5.77. The fraction of sp³-hybridized carbons (Fsp3) is 0.571. The molecule has 1 aliphatic rings. The lowest BCUT2D eigenvalue weighted by molar-refractivity contribution is 0.405. The zero-order valence-electron chi connectivity index (χ0n) is 10.5. The first-order chi connectivity index (χ1) is 8.29. The number of furan rings is 1. The highest BCUT2D eigenvalue weighted by molar-refractivity contribution is 5.11. The van der Waals surface area contributed by atoms with E-state index in [4.69, 9.17) is 10.2 Å². The van der Waals surface area contributed by atoms with Gasteiger partial charge < -0.3 is 15.5 Å². The van der Waals surface area contributed by atoms with Gasteiger partial charge in [0.1, 0.15) is 11.5 Å². The second-order valence-corrected chi connectivity index (χ2v) is 4.70. The Labute approximate surface area is 103 Å². The van der Waals surface area contributed by atoms with Gasteiger partial charge in [-0.25, -0.2) is 0 Å². The van der Waals surface area contributed by atoms with Gasteiger partial charge in [-0.05, 0) is 51.3 Å². The summed E-state index contributed by atoms with van der Waals surface area (Å²) in [5.41, 5.74) is 7.36. The van der Waals surface area contributed by atoms with E-state index >= 15 is 0 Å². The summed E-state index contributed by atoms with van der Waals surface area (Å²) in [4.78, 5) is 0. The van der Waals surface area contributed by atoms with Crippen molar-refractivity contribution in [3.05, 3.63) is 35.3 Å². The topological polar surface area (TPSA) is 51.2 Å². The molecule has 3 nitrogen and oxygen atoms in total. The van der Waals surface area contributed by atoms with Gasteiger partial charge in [-0.2, -0.15) is 0 Å². The van der Waals surface area contributed by atoms with E-state index in [0.717, 1.165) is 24.5 Å². The minimum atomic E-state index is 0.144. The van der Waals surface area contributed by atoms with E-state index in [1.807, 2.05) is 19.1 Å². The van der Waals surface area contributed by atoms with Crippen LogP contribution in [0.25, 0.3) is 0 Å². The highest BCUT2D eigenvalue weighted by Crippen LogP contribution is 2.20. The first-order valence-corrected chi connectivity index (χ1v) is 6.47. The Morgan fingerprint density at radius 2 is 2.35 bits per heavy atom. The third kappa shape index (κ3) is 3.45. The third-order valence-corrected chi connectivity index (χ3v) is 3.31. The first-order valence-electron chi connectivity index (χ1n) is 6.47. The van der Waals surface area contributed by atoms with E-state index < -0.39 is 0 Å². The number of nitrogens with one attached hydrogen (secondary N) is 1. The Morgan fingerprint density at radius 1 is 1.47 bits per heavy atom. The SMILES string of the molecule is Cc1ccc(C(CN)NCCC2=CCCC2)o1. The molecule has 1 heterocycles. The molecule has 0 aromatic carbocycles. The number of nitrogens with two attached hydrogens (primary N) is 1. The van der Waals surface area contributed by atoms with Crippen molar-refractivity contribution in [3.8, 4) is 0 Å². The number of hydrogen-bond acceptors (Lipinski definition) is 3. The van der Waals surface area contributed by atoms with Crippen molar-refractivity contribution in [2.24, 2.45) is 5.73 Å². The molecular weight excluding hydrogens is 212 g/mol. The van der Waals surface area contributed by atoms with Crippen molar-refractivity contribution in [1.29, 1.82) is 0 Å². The van der Waals surface area contributed by atoms with Crippen molar-refractivity contribution < 1.29 is 4.42 Å². The average Bonchev–Trinajstić information content (AvgIpc) is 2.96. The van der Waals surface area contributed by atoms with Crippen LogP contribution in [-0.4, -0.2) is 13.1 Å². The van der Waals surface area contributed by atoms with Crippen molar-refractivity contribution in [3.63, 3.8) is 0 Å². The Morgan fingerprint density at radius 3 is 2.94 bits per heavy atom. The quantitative estimate of drug-likeness (QED) is 0.744. The Balaban J connectivity index is 1.79. The first kappa shape index (κ1) is 12.4. The van der Waals surface area contributed by atoms with Crippen LogP contribution >= 0.6 is 0 Å². The summed E-state index contributed by atoms with van der Waals surface area (Å²) >= 11 is 0. The third-order valence-electron chi connectivity index (χ3n) is 3.31. The second kappa shape index (κ2) is 6.03. The van der Waals surface area contributed by atoms with Crippen molar-refractivity contribution in [2.45, 2.75) is 38.6 Å². The lowest BCUT2D eigenvalue weighted by atomic mass is 10.1. The van der Waals surface area contributed by atoms with Crippen molar-refractivity contribution in [2.75, 3.05) is 13.1 Å². The number of aryl methyl sites for hydroxylation is 1. The molecule has 1 aliphatic carbocycles. The van der Waals surface area contributed by atoms with Crippen LogP contribution in [0.3, 0.4) is 0 Å². The van der Waals surface area contributed by atoms with Crippen molar-refractivity contribution >= 4 is 0 Å². The molecule has 1 unspecified atom stereocenters. The van der Waals surface area contributed by atoms with Gasteiger partial charge in [0, 0.05) is 6.54 Å². The number of allylic oxidation sites excluding steroid dienone is 1. The molecule has 1 aromatic heterocycles. The van der Waals surface area contributed by atoms with E-state index in [1.165, 1.54) is 19.3 Å². The van der Waals surface area contributed by atoms with Gasteiger partial charge >= 0.3 is 0 Å². The van der Waals surface area contributed by atoms with Gasteiger partial charge in [-0.3, -0.25) is 0 Å². The van der Waals surface area contributed by atoms with E-state index in [1.54, 1.807) is 5.57 Å². The van der Waals surface area contributed by atoms with Crippen LogP contribution in [0.5, 0.6) is 0 Å². The smallest absolute Gasteiger partial charge is 0.122 e. The van der Waals surface area contributed by atoms with E-state index in [-0.39, 0.29) is 6.04 Å². The van der Waals surface area contributed by atoms with Gasteiger partial charge in [-0.15, -0.1) is 0 Å². The molecule has 0 spiro atoms. The summed E-state index contributed by atoms with van der Waals surface area (Å²) in [6.07, 6.45) is 7.36. The van der Waals surface area contributed by atoms with Crippen LogP contribution in [0.2, 0.25) is 0 Å². The lowest BCUT2D eigenvalue weighted by Crippen LogP contribution is -2.28. The minimum absolute atomic E-state index is 0.144. The van der Waals surface area contributed by atoms with Crippen LogP contribution in [-0.2, 0) is 0 Å². The van der Waals surface area contributed by atoms with Crippen LogP contribution in [0.4, 0.5) is 0 Å². The van der Waals surface area contributed by atoms with E-state index in [9.17, 15) is 0 Å². The summed E-state index contributed by atoms with van der Waals surface area (Å²) in [6.45, 7) is 3.51. The Bertz CT molecular complexity index is 381. The molecule has 0 saturated heterocycles. The van der Waals surface area contributed by atoms with Crippen LogP contribution in [0, 0.1) is 6.92 Å². The number of rotatable bonds is 6. The molecule has 3 heteroatoms. The molecule has 0 saturated carbocycles. The normalized spacial score (nSPS) is 17.2. The second-order valence-electron chi connectivity index (χ2n) is 4.70. The van der Waals surface area contributed by atoms with E-state index in [2.05, 4.69) is 11.4 Å². The molecule has 0 amide bonds. The largest absolute Gasteiger partial charge is 0.465 e. The predicted molar refractivity (Wildman–Crippen MR) is 69.8 cm³/mol. The fourth-order valence-electron chi connectivity index (χ4n) is 2.31. The number of hydrogen-bond donors (Lipinski definition) is 2. The molecule has 0 radical (unpaired) electrons. The Kier molecular flexibility index (Phi) is 4.40. The summed E-state index contributed by atoms with van der Waals surface area (Å²) in [5, 5.41) is 3.47. The Hall–Kier alpha value is -1.06. The molecule has 3 N–H and O–H groups in total. The highest BCUT2D eigenvalue weighted by Gasteiger charge is 2.13. The summed E-state index contributed by atoms with van der Waals surface area (Å²) in [7, 11) is 0. The molecule has 0 fully saturated rings. The van der Waals surface area contributed by atoms with Crippen molar-refractivity contribution in [1.82, 2.24) is 5.32 Å². The highest BCUT2D eigenvalue weighted by atomic mass is 16.3. The molecule has 17 heavy (non-hydrogen) atoms. The van der Waals surface area contributed by atoms with Gasteiger partial charge in [0.2, 0.25) is 0 Å². The molecule has 94 valence electrons. The monoisotopic (exact) mass is 234 g/mol. The zero-order chi connectivity index (χ0) is 12.1. The van der Waals surface area contributed by atoms with Crippen LogP contribution in [0.15, 0.2) is 28.2 Å². The van der Waals surface area contributed by atoms with E-state index in [0.29, 0.717) is 6.54 Å². The molecule has 0 bridgehead atoms. The lowest BCUT2D eigenvalue weighted by Gasteiger charge is -2.14. The van der Waals surface area contributed by atoms with Gasteiger partial charge in [0.15, 0.2) is 0 Å². The summed E-state index contributed by atoms with van der Waals surface area (Å²) in [5.74, 6) is 1.89. The maximum Gasteiger partial charge on any atom is 0.122 e. The average molecular weight is 234 g/mol. The molecule has 0 aliphatic heterocycles. The van der Waals surface area contributed by atoms with Gasteiger partial charge in [0.25, 0.3) is 0 Å². The molecule has 1 atom stereocenters. The molecule has 1 aromatic rings. The minimum Gasteiger partial charge on any atom is -0.465 e. The fourth-order valence-corrected chi connectivity index (χ4v) is 2.31. The zero-order valence-corrected chi connectivity index (χ0v) is 10.5. The molecule has 2 rings (SSSR count). The summed E-state index contributed by atoms with van der Waals surface area (Å²) < 4.78 is 5.60. The summed E-state index contributed by atoms with van der Waals surface area (Å²) in [6, 6.07) is 4.14. The van der Waals surface area contributed by atoms with Gasteiger partial charge in [-0.1, -0.05) is 11.6 Å². The van der Waals surface area contributed by atoms with Crippen LogP contribution in [0.1, 0.15) is 43.2 Å². The standard InChI is InChI=1S/C14H22N2O/c1-11-6-7-14(17-11)13(10-15)16-9-8-12-4-2-3-5-12/h4,6-7,13,16H,2-3,5,8-10,15H2,1H3. The van der Waals surface area contributed by atoms with Gasteiger partial charge in [0.05, 0.1) is 6.04 Å².